The molecule has 1 unspecified atom stereocenters. The molecule has 0 aliphatic carbocycles. The predicted molar refractivity (Wildman–Crippen MR) is 71.1 cm³/mol. The highest BCUT2D eigenvalue weighted by molar-refractivity contribution is 5.97. The molecule has 19 heavy (non-hydrogen) atoms. The third kappa shape index (κ3) is 3.61. The van der Waals surface area contributed by atoms with E-state index in [4.69, 9.17) is 15.6 Å². The van der Waals surface area contributed by atoms with Crippen LogP contribution in [-0.4, -0.2) is 30.1 Å². The molecule has 0 spiro atoms. The van der Waals surface area contributed by atoms with Gasteiger partial charge in [0.25, 0.3) is 5.91 Å². The summed E-state index contributed by atoms with van der Waals surface area (Å²) in [6.07, 6.45) is 0. The molecule has 0 bridgehead atoms. The molecule has 104 valence electrons. The molecule has 0 saturated heterocycles. The van der Waals surface area contributed by atoms with Crippen molar-refractivity contribution in [2.24, 2.45) is 5.92 Å². The fourth-order valence-electron chi connectivity index (χ4n) is 1.61. The van der Waals surface area contributed by atoms with Gasteiger partial charge < -0.3 is 20.9 Å². The third-order valence-electron chi connectivity index (χ3n) is 2.71. The van der Waals surface area contributed by atoms with Gasteiger partial charge in [-0.3, -0.25) is 4.79 Å². The summed E-state index contributed by atoms with van der Waals surface area (Å²) < 4.78 is 4.99. The SMILES string of the molecule is COc1ccc(C(=O)NC(C(=O)O)C(C)C)cc1N. The fraction of sp³-hybridized carbons (Fsp3) is 0.385. The second kappa shape index (κ2) is 6.08. The maximum atomic E-state index is 11.9. The Morgan fingerprint density at radius 3 is 2.42 bits per heavy atom. The van der Waals surface area contributed by atoms with E-state index in [0.717, 1.165) is 0 Å². The highest BCUT2D eigenvalue weighted by atomic mass is 16.5. The third-order valence-corrected chi connectivity index (χ3v) is 2.71. The number of hydrogen-bond acceptors (Lipinski definition) is 4. The Labute approximate surface area is 111 Å². The van der Waals surface area contributed by atoms with Crippen LogP contribution in [0.4, 0.5) is 5.69 Å². The number of amides is 1. The molecule has 0 saturated carbocycles. The van der Waals surface area contributed by atoms with Gasteiger partial charge in [-0.05, 0) is 24.1 Å². The number of benzene rings is 1. The Bertz CT molecular complexity index is 486. The molecule has 0 aliphatic rings. The summed E-state index contributed by atoms with van der Waals surface area (Å²) in [5.74, 6) is -1.28. The number of nitrogens with two attached hydrogens (primary N) is 1. The Morgan fingerprint density at radius 2 is 2.00 bits per heavy atom. The van der Waals surface area contributed by atoms with E-state index >= 15 is 0 Å². The molecule has 1 aromatic rings. The summed E-state index contributed by atoms with van der Waals surface area (Å²) >= 11 is 0. The van der Waals surface area contributed by atoms with Crippen LogP contribution < -0.4 is 15.8 Å². The van der Waals surface area contributed by atoms with Crippen molar-refractivity contribution in [1.29, 1.82) is 0 Å². The number of aliphatic carboxylic acids is 1. The Kier molecular flexibility index (Phi) is 4.74. The van der Waals surface area contributed by atoms with Crippen LogP contribution in [0, 0.1) is 5.92 Å². The highest BCUT2D eigenvalue weighted by Crippen LogP contribution is 2.21. The largest absolute Gasteiger partial charge is 0.495 e. The van der Waals surface area contributed by atoms with Gasteiger partial charge in [-0.2, -0.15) is 0 Å². The van der Waals surface area contributed by atoms with E-state index in [2.05, 4.69) is 5.32 Å². The molecule has 0 aliphatic heterocycles. The number of nitrogens with one attached hydrogen (secondary N) is 1. The lowest BCUT2D eigenvalue weighted by Crippen LogP contribution is -2.44. The summed E-state index contributed by atoms with van der Waals surface area (Å²) in [4.78, 5) is 23.0. The minimum Gasteiger partial charge on any atom is -0.495 e. The van der Waals surface area contributed by atoms with E-state index in [9.17, 15) is 9.59 Å². The number of ether oxygens (including phenoxy) is 1. The number of hydrogen-bond donors (Lipinski definition) is 3. The molecule has 4 N–H and O–H groups in total. The Balaban J connectivity index is 2.89. The van der Waals surface area contributed by atoms with E-state index < -0.39 is 17.9 Å². The maximum Gasteiger partial charge on any atom is 0.326 e. The molecule has 1 rings (SSSR count). The van der Waals surface area contributed by atoms with Crippen LogP contribution in [0.15, 0.2) is 18.2 Å². The minimum atomic E-state index is -1.06. The standard InChI is InChI=1S/C13H18N2O4/c1-7(2)11(13(17)18)15-12(16)8-4-5-10(19-3)9(14)6-8/h4-7,11H,14H2,1-3H3,(H,15,16)(H,17,18). The molecule has 0 heterocycles. The van der Waals surface area contributed by atoms with Crippen molar-refractivity contribution in [2.45, 2.75) is 19.9 Å². The fourth-order valence-corrected chi connectivity index (χ4v) is 1.61. The normalized spacial score (nSPS) is 12.0. The monoisotopic (exact) mass is 266 g/mol. The van der Waals surface area contributed by atoms with Gasteiger partial charge >= 0.3 is 5.97 Å². The molecule has 0 fully saturated rings. The van der Waals surface area contributed by atoms with E-state index in [1.54, 1.807) is 19.9 Å². The number of carbonyl (C=O) groups excluding carboxylic acids is 1. The quantitative estimate of drug-likeness (QED) is 0.693. The zero-order chi connectivity index (χ0) is 14.6. The van der Waals surface area contributed by atoms with E-state index in [1.165, 1.54) is 19.2 Å². The zero-order valence-corrected chi connectivity index (χ0v) is 11.1. The van der Waals surface area contributed by atoms with Gasteiger partial charge in [-0.15, -0.1) is 0 Å². The van der Waals surface area contributed by atoms with Gasteiger partial charge in [-0.25, -0.2) is 4.79 Å². The molecular weight excluding hydrogens is 248 g/mol. The summed E-state index contributed by atoms with van der Waals surface area (Å²) in [6.45, 7) is 3.45. The lowest BCUT2D eigenvalue weighted by atomic mass is 10.0. The van der Waals surface area contributed by atoms with Crippen LogP contribution in [0.2, 0.25) is 0 Å². The van der Waals surface area contributed by atoms with Crippen molar-refractivity contribution in [3.63, 3.8) is 0 Å². The van der Waals surface area contributed by atoms with E-state index in [1.807, 2.05) is 0 Å². The Hall–Kier alpha value is -2.24. The van der Waals surface area contributed by atoms with Gasteiger partial charge in [0.2, 0.25) is 0 Å². The molecule has 1 atom stereocenters. The average molecular weight is 266 g/mol. The highest BCUT2D eigenvalue weighted by Gasteiger charge is 2.24. The molecule has 0 radical (unpaired) electrons. The number of carboxylic acid groups (broad SMARTS) is 1. The van der Waals surface area contributed by atoms with Crippen molar-refractivity contribution in [3.8, 4) is 5.75 Å². The second-order valence-corrected chi connectivity index (χ2v) is 4.49. The predicted octanol–water partition coefficient (Wildman–Crippen LogP) is 1.12. The summed E-state index contributed by atoms with van der Waals surface area (Å²) in [7, 11) is 1.48. The molecular formula is C13H18N2O4. The molecule has 1 aromatic carbocycles. The van der Waals surface area contributed by atoms with Crippen LogP contribution in [0.5, 0.6) is 5.75 Å². The maximum absolute atomic E-state index is 11.9. The van der Waals surface area contributed by atoms with Crippen LogP contribution in [0.1, 0.15) is 24.2 Å². The first-order valence-corrected chi connectivity index (χ1v) is 5.84. The number of anilines is 1. The van der Waals surface area contributed by atoms with Crippen LogP contribution in [0.3, 0.4) is 0 Å². The molecule has 6 heteroatoms. The topological polar surface area (TPSA) is 102 Å². The summed E-state index contributed by atoms with van der Waals surface area (Å²) in [6, 6.07) is 3.61. The average Bonchev–Trinajstić information content (AvgIpc) is 2.34. The van der Waals surface area contributed by atoms with Crippen molar-refractivity contribution in [1.82, 2.24) is 5.32 Å². The Morgan fingerprint density at radius 1 is 1.37 bits per heavy atom. The first-order chi connectivity index (χ1) is 8.86. The van der Waals surface area contributed by atoms with Crippen molar-refractivity contribution >= 4 is 17.6 Å². The van der Waals surface area contributed by atoms with E-state index in [-0.39, 0.29) is 5.92 Å². The lowest BCUT2D eigenvalue weighted by molar-refractivity contribution is -0.140. The number of methoxy groups -OCH3 is 1. The molecule has 0 aromatic heterocycles. The van der Waals surface area contributed by atoms with Gasteiger partial charge in [0.05, 0.1) is 12.8 Å². The summed E-state index contributed by atoms with van der Waals surface area (Å²) in [5.41, 5.74) is 6.32. The zero-order valence-electron chi connectivity index (χ0n) is 11.1. The number of carbonyl (C=O) groups is 2. The number of rotatable bonds is 5. The van der Waals surface area contributed by atoms with Gasteiger partial charge in [-0.1, -0.05) is 13.8 Å². The first-order valence-electron chi connectivity index (χ1n) is 5.84. The van der Waals surface area contributed by atoms with E-state index in [0.29, 0.717) is 17.0 Å². The van der Waals surface area contributed by atoms with Gasteiger partial charge in [0.1, 0.15) is 11.8 Å². The smallest absolute Gasteiger partial charge is 0.326 e. The van der Waals surface area contributed by atoms with Crippen LogP contribution >= 0.6 is 0 Å². The van der Waals surface area contributed by atoms with Gasteiger partial charge in [0.15, 0.2) is 0 Å². The first kappa shape index (κ1) is 14.8. The van der Waals surface area contributed by atoms with Gasteiger partial charge in [0, 0.05) is 5.56 Å². The minimum absolute atomic E-state index is 0.211. The van der Waals surface area contributed by atoms with Crippen molar-refractivity contribution in [3.05, 3.63) is 23.8 Å². The molecule has 1 amide bonds. The number of carboxylic acids is 1. The second-order valence-electron chi connectivity index (χ2n) is 4.49. The number of nitrogen functional groups attached to an aromatic ring is 1. The van der Waals surface area contributed by atoms with Crippen LogP contribution in [0.25, 0.3) is 0 Å². The molecule has 6 nitrogen and oxygen atoms in total. The lowest BCUT2D eigenvalue weighted by Gasteiger charge is -2.18. The van der Waals surface area contributed by atoms with Crippen LogP contribution in [-0.2, 0) is 4.79 Å². The van der Waals surface area contributed by atoms with Crippen molar-refractivity contribution < 1.29 is 19.4 Å². The van der Waals surface area contributed by atoms with Crippen molar-refractivity contribution in [2.75, 3.05) is 12.8 Å². The summed E-state index contributed by atoms with van der Waals surface area (Å²) in [5, 5.41) is 11.5.